The molecule has 0 aliphatic heterocycles. The number of carbonyl (C=O) groups excluding carboxylic acids is 1. The van der Waals surface area contributed by atoms with E-state index in [1.54, 1.807) is 4.68 Å². The van der Waals surface area contributed by atoms with E-state index >= 15 is 0 Å². The van der Waals surface area contributed by atoms with Gasteiger partial charge in [-0.3, -0.25) is 4.79 Å². The van der Waals surface area contributed by atoms with Crippen LogP contribution in [0.5, 0.6) is 5.75 Å². The van der Waals surface area contributed by atoms with E-state index in [0.717, 1.165) is 30.8 Å². The standard InChI is InChI=1S/C14H14F3N5O2S/c15-14(16,17)24-11-5-1-9(2-6-11)18-13(23)8-25-7-12-19-20-21-22(12)10-3-4-10/h1-2,5-6,10H,3-4,7-8H2,(H,18,23). The van der Waals surface area contributed by atoms with Gasteiger partial charge in [0.05, 0.1) is 17.5 Å². The van der Waals surface area contributed by atoms with Crippen molar-refractivity contribution in [2.45, 2.75) is 31.0 Å². The molecular formula is C14H14F3N5O2S. The van der Waals surface area contributed by atoms with Crippen LogP contribution in [0.25, 0.3) is 0 Å². The third kappa shape index (κ3) is 5.34. The lowest BCUT2D eigenvalue weighted by molar-refractivity contribution is -0.274. The number of halogens is 3. The van der Waals surface area contributed by atoms with E-state index in [-0.39, 0.29) is 17.4 Å². The van der Waals surface area contributed by atoms with Crippen LogP contribution in [-0.4, -0.2) is 38.2 Å². The van der Waals surface area contributed by atoms with Gasteiger partial charge in [0.2, 0.25) is 5.91 Å². The molecule has 0 spiro atoms. The molecule has 0 bridgehead atoms. The molecule has 0 saturated heterocycles. The summed E-state index contributed by atoms with van der Waals surface area (Å²) in [6.45, 7) is 0. The van der Waals surface area contributed by atoms with E-state index in [4.69, 9.17) is 0 Å². The number of anilines is 1. The van der Waals surface area contributed by atoms with Crippen LogP contribution >= 0.6 is 11.8 Å². The molecule has 11 heteroatoms. The van der Waals surface area contributed by atoms with Gasteiger partial charge in [0.15, 0.2) is 5.82 Å². The van der Waals surface area contributed by atoms with Crippen LogP contribution in [0.3, 0.4) is 0 Å². The minimum Gasteiger partial charge on any atom is -0.406 e. The van der Waals surface area contributed by atoms with E-state index in [1.807, 2.05) is 0 Å². The van der Waals surface area contributed by atoms with Crippen molar-refractivity contribution in [1.82, 2.24) is 20.2 Å². The summed E-state index contributed by atoms with van der Waals surface area (Å²) in [5.41, 5.74) is 0.392. The number of carbonyl (C=O) groups is 1. The molecule has 1 N–H and O–H groups in total. The number of hydrogen-bond acceptors (Lipinski definition) is 6. The van der Waals surface area contributed by atoms with Crippen molar-refractivity contribution in [3.05, 3.63) is 30.1 Å². The van der Waals surface area contributed by atoms with Crippen molar-refractivity contribution in [2.75, 3.05) is 11.1 Å². The molecule has 1 aliphatic carbocycles. The molecule has 1 fully saturated rings. The maximum Gasteiger partial charge on any atom is 0.573 e. The highest BCUT2D eigenvalue weighted by atomic mass is 32.2. The topological polar surface area (TPSA) is 81.9 Å². The Morgan fingerprint density at radius 3 is 2.68 bits per heavy atom. The van der Waals surface area contributed by atoms with Gasteiger partial charge in [-0.15, -0.1) is 30.0 Å². The molecule has 134 valence electrons. The number of benzene rings is 1. The lowest BCUT2D eigenvalue weighted by Gasteiger charge is -2.10. The highest BCUT2D eigenvalue weighted by Crippen LogP contribution is 2.34. The van der Waals surface area contributed by atoms with Crippen LogP contribution in [-0.2, 0) is 10.5 Å². The first-order chi connectivity index (χ1) is 11.9. The number of nitrogens with zero attached hydrogens (tertiary/aromatic N) is 4. The van der Waals surface area contributed by atoms with Crippen molar-refractivity contribution < 1.29 is 22.7 Å². The Hall–Kier alpha value is -2.30. The van der Waals surface area contributed by atoms with Gasteiger partial charge in [0.1, 0.15) is 5.75 Å². The van der Waals surface area contributed by atoms with E-state index < -0.39 is 6.36 Å². The smallest absolute Gasteiger partial charge is 0.406 e. The minimum absolute atomic E-state index is 0.179. The SMILES string of the molecule is O=C(CSCc1nnnn1C1CC1)Nc1ccc(OC(F)(F)F)cc1. The highest BCUT2D eigenvalue weighted by Gasteiger charge is 2.31. The van der Waals surface area contributed by atoms with Crippen LogP contribution in [0, 0.1) is 0 Å². The zero-order chi connectivity index (χ0) is 17.9. The molecule has 0 unspecified atom stereocenters. The Morgan fingerprint density at radius 2 is 2.04 bits per heavy atom. The van der Waals surface area contributed by atoms with Gasteiger partial charge in [0.25, 0.3) is 0 Å². The van der Waals surface area contributed by atoms with Gasteiger partial charge in [-0.05, 0) is 47.5 Å². The number of rotatable bonds is 7. The van der Waals surface area contributed by atoms with Crippen LogP contribution in [0.4, 0.5) is 18.9 Å². The van der Waals surface area contributed by atoms with Gasteiger partial charge in [0, 0.05) is 5.69 Å². The third-order valence-electron chi connectivity index (χ3n) is 3.29. The van der Waals surface area contributed by atoms with Gasteiger partial charge in [-0.2, -0.15) is 0 Å². The second-order valence-corrected chi connectivity index (χ2v) is 6.37. The van der Waals surface area contributed by atoms with Gasteiger partial charge < -0.3 is 10.1 Å². The van der Waals surface area contributed by atoms with Crippen LogP contribution in [0.1, 0.15) is 24.7 Å². The highest BCUT2D eigenvalue weighted by molar-refractivity contribution is 7.99. The molecule has 0 radical (unpaired) electrons. The van der Waals surface area contributed by atoms with Gasteiger partial charge >= 0.3 is 6.36 Å². The molecule has 1 saturated carbocycles. The summed E-state index contributed by atoms with van der Waals surface area (Å²) in [4.78, 5) is 11.9. The summed E-state index contributed by atoms with van der Waals surface area (Å²) in [6.07, 6.45) is -2.61. The van der Waals surface area contributed by atoms with Crippen molar-refractivity contribution in [3.8, 4) is 5.75 Å². The molecule has 2 aromatic rings. The molecule has 0 atom stereocenters. The lowest BCUT2D eigenvalue weighted by Crippen LogP contribution is -2.17. The number of amides is 1. The molecule has 1 aromatic carbocycles. The number of tetrazole rings is 1. The number of aromatic nitrogens is 4. The first-order valence-corrected chi connectivity index (χ1v) is 8.56. The quantitative estimate of drug-likeness (QED) is 0.804. The summed E-state index contributed by atoms with van der Waals surface area (Å²) in [7, 11) is 0. The number of ether oxygens (including phenoxy) is 1. The second kappa shape index (κ2) is 7.30. The maximum absolute atomic E-state index is 12.1. The maximum atomic E-state index is 12.1. The number of alkyl halides is 3. The number of hydrogen-bond donors (Lipinski definition) is 1. The molecule has 1 amide bonds. The van der Waals surface area contributed by atoms with Crippen molar-refractivity contribution in [1.29, 1.82) is 0 Å². The van der Waals surface area contributed by atoms with Crippen LogP contribution in [0.2, 0.25) is 0 Å². The van der Waals surface area contributed by atoms with Gasteiger partial charge in [-0.1, -0.05) is 0 Å². The Bertz CT molecular complexity index is 731. The Kier molecular flexibility index (Phi) is 5.11. The molecule has 1 aromatic heterocycles. The average molecular weight is 373 g/mol. The Labute approximate surface area is 144 Å². The zero-order valence-corrected chi connectivity index (χ0v) is 13.7. The zero-order valence-electron chi connectivity index (χ0n) is 12.9. The number of thioether (sulfide) groups is 1. The molecule has 3 rings (SSSR count). The third-order valence-corrected chi connectivity index (χ3v) is 4.22. The summed E-state index contributed by atoms with van der Waals surface area (Å²) in [6, 6.07) is 5.34. The van der Waals surface area contributed by atoms with Gasteiger partial charge in [-0.25, -0.2) is 4.68 Å². The normalized spacial score (nSPS) is 14.4. The summed E-state index contributed by atoms with van der Waals surface area (Å²) >= 11 is 1.36. The molecule has 1 heterocycles. The number of nitrogens with one attached hydrogen (secondary N) is 1. The predicted octanol–water partition coefficient (Wildman–Crippen LogP) is 2.78. The van der Waals surface area contributed by atoms with Crippen molar-refractivity contribution >= 4 is 23.4 Å². The molecular weight excluding hydrogens is 359 g/mol. The Morgan fingerprint density at radius 1 is 1.32 bits per heavy atom. The lowest BCUT2D eigenvalue weighted by atomic mass is 10.3. The minimum atomic E-state index is -4.74. The van der Waals surface area contributed by atoms with E-state index in [2.05, 4.69) is 25.6 Å². The molecule has 25 heavy (non-hydrogen) atoms. The monoisotopic (exact) mass is 373 g/mol. The second-order valence-electron chi connectivity index (χ2n) is 5.38. The fourth-order valence-corrected chi connectivity index (χ4v) is 2.81. The molecule has 1 aliphatic rings. The largest absolute Gasteiger partial charge is 0.573 e. The summed E-state index contributed by atoms with van der Waals surface area (Å²) in [5, 5.41) is 14.1. The predicted molar refractivity (Wildman–Crippen MR) is 84.0 cm³/mol. The van der Waals surface area contributed by atoms with E-state index in [1.165, 1.54) is 23.9 Å². The van der Waals surface area contributed by atoms with E-state index in [9.17, 15) is 18.0 Å². The Balaban J connectivity index is 1.43. The van der Waals surface area contributed by atoms with Crippen molar-refractivity contribution in [2.24, 2.45) is 0 Å². The van der Waals surface area contributed by atoms with Crippen LogP contribution in [0.15, 0.2) is 24.3 Å². The summed E-state index contributed by atoms with van der Waals surface area (Å²) in [5.74, 6) is 0.814. The molecule has 7 nitrogen and oxygen atoms in total. The fourth-order valence-electron chi connectivity index (χ4n) is 2.08. The van der Waals surface area contributed by atoms with Crippen molar-refractivity contribution in [3.63, 3.8) is 0 Å². The average Bonchev–Trinajstić information content (AvgIpc) is 3.27. The van der Waals surface area contributed by atoms with E-state index in [0.29, 0.717) is 17.5 Å². The van der Waals surface area contributed by atoms with Crippen LogP contribution < -0.4 is 10.1 Å². The summed E-state index contributed by atoms with van der Waals surface area (Å²) < 4.78 is 41.8. The fraction of sp³-hybridized carbons (Fsp3) is 0.429. The first kappa shape index (κ1) is 17.5. The first-order valence-electron chi connectivity index (χ1n) is 7.41.